The summed E-state index contributed by atoms with van der Waals surface area (Å²) in [5, 5.41) is 0.332. The van der Waals surface area contributed by atoms with E-state index in [0.29, 0.717) is 16.9 Å². The molecule has 1 atom stereocenters. The first-order chi connectivity index (χ1) is 7.16. The van der Waals surface area contributed by atoms with Crippen LogP contribution in [0.15, 0.2) is 6.07 Å². The van der Waals surface area contributed by atoms with Crippen LogP contribution in [-0.2, 0) is 0 Å². The second-order valence-electron chi connectivity index (χ2n) is 4.07. The fourth-order valence-corrected chi connectivity index (χ4v) is 2.36. The largest absolute Gasteiger partial charge is 0.236 e. The summed E-state index contributed by atoms with van der Waals surface area (Å²) in [6.45, 7) is 1.87. The van der Waals surface area contributed by atoms with Gasteiger partial charge in [0.15, 0.2) is 0 Å². The van der Waals surface area contributed by atoms with Crippen molar-refractivity contribution >= 4 is 23.2 Å². The van der Waals surface area contributed by atoms with Gasteiger partial charge in [-0.05, 0) is 25.8 Å². The van der Waals surface area contributed by atoms with Crippen LogP contribution in [0.25, 0.3) is 0 Å². The van der Waals surface area contributed by atoms with Gasteiger partial charge in [-0.25, -0.2) is 9.97 Å². The maximum Gasteiger partial charge on any atom is 0.147 e. The van der Waals surface area contributed by atoms with Gasteiger partial charge < -0.3 is 0 Å². The third-order valence-electron chi connectivity index (χ3n) is 2.86. The summed E-state index contributed by atoms with van der Waals surface area (Å²) in [5.74, 6) is 1.20. The van der Waals surface area contributed by atoms with Crippen LogP contribution in [0.1, 0.15) is 55.4 Å². The molecule has 0 radical (unpaired) electrons. The Labute approximate surface area is 100 Å². The zero-order valence-electron chi connectivity index (χ0n) is 8.71. The van der Waals surface area contributed by atoms with Crippen molar-refractivity contribution in [1.29, 1.82) is 0 Å². The summed E-state index contributed by atoms with van der Waals surface area (Å²) in [6, 6.07) is 1.88. The second-order valence-corrected chi connectivity index (χ2v) is 5.11. The molecule has 0 saturated heterocycles. The molecule has 0 N–H and O–H groups in total. The minimum absolute atomic E-state index is 0.177. The Morgan fingerprint density at radius 3 is 2.60 bits per heavy atom. The highest BCUT2D eigenvalue weighted by Crippen LogP contribution is 2.34. The topological polar surface area (TPSA) is 25.8 Å². The molecule has 1 heterocycles. The average molecular weight is 245 g/mol. The molecule has 0 aliphatic heterocycles. The molecule has 0 bridgehead atoms. The van der Waals surface area contributed by atoms with E-state index in [2.05, 4.69) is 9.97 Å². The van der Waals surface area contributed by atoms with Crippen LogP contribution in [0.2, 0.25) is 5.15 Å². The van der Waals surface area contributed by atoms with Gasteiger partial charge in [0, 0.05) is 11.6 Å². The minimum atomic E-state index is -0.177. The molecule has 1 saturated carbocycles. The molecule has 4 heteroatoms. The number of hydrogen-bond acceptors (Lipinski definition) is 2. The molecule has 2 rings (SSSR count). The molecule has 1 aromatic heterocycles. The SMILES string of the molecule is CC(Cl)c1nc(Cl)cc(C2CCCC2)n1. The third kappa shape index (κ3) is 2.61. The Bertz CT molecular complexity index is 346. The summed E-state index contributed by atoms with van der Waals surface area (Å²) in [5.41, 5.74) is 1.06. The monoisotopic (exact) mass is 244 g/mol. The summed E-state index contributed by atoms with van der Waals surface area (Å²) in [7, 11) is 0. The van der Waals surface area contributed by atoms with Gasteiger partial charge in [-0.1, -0.05) is 24.4 Å². The van der Waals surface area contributed by atoms with Gasteiger partial charge >= 0.3 is 0 Å². The lowest BCUT2D eigenvalue weighted by molar-refractivity contribution is 0.683. The molecule has 0 spiro atoms. The van der Waals surface area contributed by atoms with E-state index in [1.807, 2.05) is 13.0 Å². The number of halogens is 2. The Kier molecular flexibility index (Phi) is 3.47. The second kappa shape index (κ2) is 4.67. The van der Waals surface area contributed by atoms with Crippen LogP contribution < -0.4 is 0 Å². The van der Waals surface area contributed by atoms with Gasteiger partial charge in [-0.2, -0.15) is 0 Å². The van der Waals surface area contributed by atoms with E-state index in [9.17, 15) is 0 Å². The Morgan fingerprint density at radius 2 is 2.00 bits per heavy atom. The average Bonchev–Trinajstić information content (AvgIpc) is 2.69. The Morgan fingerprint density at radius 1 is 1.33 bits per heavy atom. The van der Waals surface area contributed by atoms with Crippen molar-refractivity contribution in [3.8, 4) is 0 Å². The zero-order chi connectivity index (χ0) is 10.8. The van der Waals surface area contributed by atoms with Crippen molar-refractivity contribution in [3.63, 3.8) is 0 Å². The van der Waals surface area contributed by atoms with Crippen LogP contribution >= 0.6 is 23.2 Å². The highest BCUT2D eigenvalue weighted by Gasteiger charge is 2.20. The molecule has 1 aliphatic carbocycles. The first-order valence-corrected chi connectivity index (χ1v) is 6.16. The van der Waals surface area contributed by atoms with Crippen LogP contribution in [0.5, 0.6) is 0 Å². The molecular formula is C11H14Cl2N2. The van der Waals surface area contributed by atoms with Gasteiger partial charge in [0.1, 0.15) is 11.0 Å². The molecule has 2 nitrogen and oxygen atoms in total. The van der Waals surface area contributed by atoms with Gasteiger partial charge in [-0.3, -0.25) is 0 Å². The van der Waals surface area contributed by atoms with Crippen LogP contribution in [-0.4, -0.2) is 9.97 Å². The molecule has 1 unspecified atom stereocenters. The predicted octanol–water partition coefficient (Wildman–Crippen LogP) is 4.09. The molecular weight excluding hydrogens is 231 g/mol. The minimum Gasteiger partial charge on any atom is -0.236 e. The Balaban J connectivity index is 2.30. The number of alkyl halides is 1. The molecule has 0 aromatic carbocycles. The van der Waals surface area contributed by atoms with E-state index >= 15 is 0 Å². The summed E-state index contributed by atoms with van der Waals surface area (Å²) in [6.07, 6.45) is 5.00. The fourth-order valence-electron chi connectivity index (χ4n) is 2.06. The van der Waals surface area contributed by atoms with Gasteiger partial charge in [0.05, 0.1) is 5.38 Å². The van der Waals surface area contributed by atoms with E-state index < -0.39 is 0 Å². The van der Waals surface area contributed by atoms with Gasteiger partial charge in [-0.15, -0.1) is 11.6 Å². The molecule has 82 valence electrons. The highest BCUT2D eigenvalue weighted by atomic mass is 35.5. The standard InChI is InChI=1S/C11H14Cl2N2/c1-7(12)11-14-9(6-10(13)15-11)8-4-2-3-5-8/h6-8H,2-5H2,1H3. The first-order valence-electron chi connectivity index (χ1n) is 5.35. The van der Waals surface area contributed by atoms with E-state index in [0.717, 1.165) is 5.69 Å². The lowest BCUT2D eigenvalue weighted by Crippen LogP contribution is -2.03. The number of hydrogen-bond donors (Lipinski definition) is 0. The van der Waals surface area contributed by atoms with Crippen molar-refractivity contribution in [3.05, 3.63) is 22.7 Å². The molecule has 15 heavy (non-hydrogen) atoms. The molecule has 0 amide bonds. The van der Waals surface area contributed by atoms with Crippen molar-refractivity contribution in [2.45, 2.75) is 43.9 Å². The molecule has 1 aromatic rings. The first kappa shape index (κ1) is 11.2. The van der Waals surface area contributed by atoms with Crippen molar-refractivity contribution in [2.24, 2.45) is 0 Å². The smallest absolute Gasteiger partial charge is 0.147 e. The van der Waals surface area contributed by atoms with Crippen molar-refractivity contribution < 1.29 is 0 Å². The Hall–Kier alpha value is -0.340. The summed E-state index contributed by atoms with van der Waals surface area (Å²) in [4.78, 5) is 8.61. The van der Waals surface area contributed by atoms with Crippen molar-refractivity contribution in [2.75, 3.05) is 0 Å². The summed E-state index contributed by atoms with van der Waals surface area (Å²) < 4.78 is 0. The van der Waals surface area contributed by atoms with Gasteiger partial charge in [0.2, 0.25) is 0 Å². The third-order valence-corrected chi connectivity index (χ3v) is 3.25. The quantitative estimate of drug-likeness (QED) is 0.579. The van der Waals surface area contributed by atoms with Gasteiger partial charge in [0.25, 0.3) is 0 Å². The number of nitrogens with zero attached hydrogens (tertiary/aromatic N) is 2. The normalized spacial score (nSPS) is 19.4. The van der Waals surface area contributed by atoms with E-state index in [1.54, 1.807) is 0 Å². The highest BCUT2D eigenvalue weighted by molar-refractivity contribution is 6.29. The number of rotatable bonds is 2. The lowest BCUT2D eigenvalue weighted by atomic mass is 10.0. The lowest BCUT2D eigenvalue weighted by Gasteiger charge is -2.11. The molecule has 1 fully saturated rings. The zero-order valence-corrected chi connectivity index (χ0v) is 10.2. The van der Waals surface area contributed by atoms with E-state index in [4.69, 9.17) is 23.2 Å². The summed E-state index contributed by atoms with van der Waals surface area (Å²) >= 11 is 11.9. The van der Waals surface area contributed by atoms with E-state index in [1.165, 1.54) is 25.7 Å². The number of aromatic nitrogens is 2. The fraction of sp³-hybridized carbons (Fsp3) is 0.636. The van der Waals surface area contributed by atoms with Crippen LogP contribution in [0.3, 0.4) is 0 Å². The maximum atomic E-state index is 5.97. The van der Waals surface area contributed by atoms with Crippen LogP contribution in [0.4, 0.5) is 0 Å². The van der Waals surface area contributed by atoms with Crippen LogP contribution in [0, 0.1) is 0 Å². The predicted molar refractivity (Wildman–Crippen MR) is 62.5 cm³/mol. The van der Waals surface area contributed by atoms with E-state index in [-0.39, 0.29) is 5.38 Å². The maximum absolute atomic E-state index is 5.97. The van der Waals surface area contributed by atoms with Crippen molar-refractivity contribution in [1.82, 2.24) is 9.97 Å². The molecule has 1 aliphatic rings.